The SMILES string of the molecule is COCC(=O)N(CC(F)CN)[C@@H](c1nc(-c2ccccc2)cn1Cc1cccc(F)c1)C(C)(C)C. The van der Waals surface area contributed by atoms with Crippen molar-refractivity contribution in [3.63, 3.8) is 0 Å². The summed E-state index contributed by atoms with van der Waals surface area (Å²) >= 11 is 0. The van der Waals surface area contributed by atoms with Gasteiger partial charge in [0.2, 0.25) is 5.91 Å². The fourth-order valence-electron chi connectivity index (χ4n) is 4.19. The molecule has 0 aliphatic carbocycles. The van der Waals surface area contributed by atoms with E-state index in [1.807, 2.05) is 67.9 Å². The molecule has 1 unspecified atom stereocenters. The van der Waals surface area contributed by atoms with Crippen LogP contribution < -0.4 is 5.73 Å². The van der Waals surface area contributed by atoms with E-state index < -0.39 is 17.6 Å². The molecule has 3 aromatic rings. The molecular formula is C27H34F2N4O2. The third-order valence-electron chi connectivity index (χ3n) is 5.73. The normalized spacial score (nSPS) is 13.5. The molecule has 0 spiro atoms. The minimum atomic E-state index is -1.40. The Bertz CT molecular complexity index is 1110. The van der Waals surface area contributed by atoms with Crippen molar-refractivity contribution in [1.29, 1.82) is 0 Å². The van der Waals surface area contributed by atoms with Crippen LogP contribution >= 0.6 is 0 Å². The molecule has 2 atom stereocenters. The molecule has 188 valence electrons. The lowest BCUT2D eigenvalue weighted by Gasteiger charge is -2.40. The molecular weight excluding hydrogens is 450 g/mol. The van der Waals surface area contributed by atoms with E-state index in [4.69, 9.17) is 15.5 Å². The standard InChI is InChI=1S/C27H34F2N4O2/c1-27(2,3)25(33(16-22(29)14-30)24(34)18-35-4)26-31-23(20-10-6-5-7-11-20)17-32(26)15-19-9-8-12-21(28)13-19/h5-13,17,22,25H,14-16,18,30H2,1-4H3/t22?,25-/m0/s1. The highest BCUT2D eigenvalue weighted by Gasteiger charge is 2.39. The highest BCUT2D eigenvalue weighted by Crippen LogP contribution is 2.39. The first-order chi connectivity index (χ1) is 16.6. The number of nitrogens with two attached hydrogens (primary N) is 1. The molecule has 1 amide bonds. The van der Waals surface area contributed by atoms with Gasteiger partial charge in [-0.1, -0.05) is 63.2 Å². The van der Waals surface area contributed by atoms with Gasteiger partial charge in [-0.25, -0.2) is 13.8 Å². The third-order valence-corrected chi connectivity index (χ3v) is 5.73. The number of amides is 1. The van der Waals surface area contributed by atoms with Crippen molar-refractivity contribution in [2.24, 2.45) is 11.1 Å². The zero-order valence-electron chi connectivity index (χ0n) is 20.7. The van der Waals surface area contributed by atoms with Gasteiger partial charge in [-0.05, 0) is 23.1 Å². The van der Waals surface area contributed by atoms with Crippen LogP contribution in [-0.2, 0) is 16.1 Å². The van der Waals surface area contributed by atoms with E-state index in [1.54, 1.807) is 6.07 Å². The Kier molecular flexibility index (Phi) is 8.75. The van der Waals surface area contributed by atoms with E-state index in [2.05, 4.69) is 0 Å². The molecule has 0 saturated carbocycles. The van der Waals surface area contributed by atoms with Crippen LogP contribution in [0.2, 0.25) is 0 Å². The van der Waals surface area contributed by atoms with Crippen molar-refractivity contribution in [3.8, 4) is 11.3 Å². The topological polar surface area (TPSA) is 73.4 Å². The maximum Gasteiger partial charge on any atom is 0.249 e. The van der Waals surface area contributed by atoms with Crippen molar-refractivity contribution in [2.45, 2.75) is 39.5 Å². The first kappa shape index (κ1) is 26.5. The minimum absolute atomic E-state index is 0.186. The Morgan fingerprint density at radius 1 is 1.17 bits per heavy atom. The van der Waals surface area contributed by atoms with Gasteiger partial charge in [0.25, 0.3) is 0 Å². The molecule has 35 heavy (non-hydrogen) atoms. The Hall–Kier alpha value is -3.10. The number of carbonyl (C=O) groups excluding carboxylic acids is 1. The third kappa shape index (κ3) is 6.74. The smallest absolute Gasteiger partial charge is 0.249 e. The average molecular weight is 485 g/mol. The molecule has 0 aliphatic heterocycles. The van der Waals surface area contributed by atoms with Crippen molar-refractivity contribution in [3.05, 3.63) is 78.0 Å². The number of rotatable bonds is 10. The predicted molar refractivity (Wildman–Crippen MR) is 133 cm³/mol. The number of carbonyl (C=O) groups is 1. The largest absolute Gasteiger partial charge is 0.375 e. The number of benzene rings is 2. The van der Waals surface area contributed by atoms with Gasteiger partial charge in [0.05, 0.1) is 18.3 Å². The Labute approximate surface area is 205 Å². The number of ether oxygens (including phenoxy) is 1. The number of alkyl halides is 1. The summed E-state index contributed by atoms with van der Waals surface area (Å²) in [5.74, 6) is -0.112. The lowest BCUT2D eigenvalue weighted by Crippen LogP contribution is -2.47. The number of nitrogens with zero attached hydrogens (tertiary/aromatic N) is 3. The fourth-order valence-corrected chi connectivity index (χ4v) is 4.19. The molecule has 1 heterocycles. The summed E-state index contributed by atoms with van der Waals surface area (Å²) in [6.07, 6.45) is 0.490. The van der Waals surface area contributed by atoms with Crippen LogP contribution in [0, 0.1) is 11.2 Å². The van der Waals surface area contributed by atoms with Gasteiger partial charge in [-0.15, -0.1) is 0 Å². The van der Waals surface area contributed by atoms with Crippen molar-refractivity contribution in [1.82, 2.24) is 14.5 Å². The molecule has 8 heteroatoms. The Balaban J connectivity index is 2.17. The molecule has 1 aromatic heterocycles. The summed E-state index contributed by atoms with van der Waals surface area (Å²) in [6, 6.07) is 15.4. The zero-order chi connectivity index (χ0) is 25.6. The summed E-state index contributed by atoms with van der Waals surface area (Å²) in [4.78, 5) is 19.6. The van der Waals surface area contributed by atoms with Gasteiger partial charge in [-0.2, -0.15) is 0 Å². The molecule has 0 aliphatic rings. The van der Waals surface area contributed by atoms with Gasteiger partial charge >= 0.3 is 0 Å². The Morgan fingerprint density at radius 3 is 2.49 bits per heavy atom. The second kappa shape index (κ2) is 11.6. The van der Waals surface area contributed by atoms with Gasteiger partial charge in [0, 0.05) is 32.0 Å². The first-order valence-electron chi connectivity index (χ1n) is 11.6. The summed E-state index contributed by atoms with van der Waals surface area (Å²) in [7, 11) is 1.43. The highest BCUT2D eigenvalue weighted by molar-refractivity contribution is 5.78. The van der Waals surface area contributed by atoms with E-state index in [0.717, 1.165) is 11.1 Å². The molecule has 2 aromatic carbocycles. The fraction of sp³-hybridized carbons (Fsp3) is 0.407. The molecule has 0 saturated heterocycles. The van der Waals surface area contributed by atoms with Crippen LogP contribution in [0.4, 0.5) is 8.78 Å². The van der Waals surface area contributed by atoms with Crippen LogP contribution in [0.15, 0.2) is 60.8 Å². The van der Waals surface area contributed by atoms with Gasteiger partial charge in [0.15, 0.2) is 0 Å². The number of hydrogen-bond donors (Lipinski definition) is 1. The van der Waals surface area contributed by atoms with Crippen LogP contribution in [0.5, 0.6) is 0 Å². The van der Waals surface area contributed by atoms with Crippen LogP contribution in [-0.4, -0.2) is 53.3 Å². The van der Waals surface area contributed by atoms with E-state index in [1.165, 1.54) is 24.1 Å². The van der Waals surface area contributed by atoms with Crippen molar-refractivity contribution >= 4 is 5.91 Å². The molecule has 0 fully saturated rings. The van der Waals surface area contributed by atoms with Gasteiger partial charge in [-0.3, -0.25) is 4.79 Å². The number of methoxy groups -OCH3 is 1. The minimum Gasteiger partial charge on any atom is -0.375 e. The van der Waals surface area contributed by atoms with Gasteiger partial charge in [0.1, 0.15) is 24.4 Å². The van der Waals surface area contributed by atoms with Crippen molar-refractivity contribution in [2.75, 3.05) is 26.8 Å². The molecule has 3 rings (SSSR count). The summed E-state index contributed by atoms with van der Waals surface area (Å²) < 4.78 is 35.5. The lowest BCUT2D eigenvalue weighted by molar-refractivity contribution is -0.141. The molecule has 2 N–H and O–H groups in total. The van der Waals surface area contributed by atoms with Crippen molar-refractivity contribution < 1.29 is 18.3 Å². The van der Waals surface area contributed by atoms with E-state index in [0.29, 0.717) is 18.1 Å². The van der Waals surface area contributed by atoms with Gasteiger partial charge < -0.3 is 19.9 Å². The van der Waals surface area contributed by atoms with E-state index in [9.17, 15) is 13.6 Å². The summed E-state index contributed by atoms with van der Waals surface area (Å²) in [5.41, 5.74) is 7.41. The zero-order valence-corrected chi connectivity index (χ0v) is 20.7. The maximum atomic E-state index is 14.6. The summed E-state index contributed by atoms with van der Waals surface area (Å²) in [5, 5.41) is 0. The maximum absolute atomic E-state index is 14.6. The first-order valence-corrected chi connectivity index (χ1v) is 11.6. The predicted octanol–water partition coefficient (Wildman–Crippen LogP) is 4.60. The molecule has 0 radical (unpaired) electrons. The number of imidazole rings is 1. The lowest BCUT2D eigenvalue weighted by atomic mass is 9.84. The van der Waals surface area contributed by atoms with E-state index in [-0.39, 0.29) is 31.4 Å². The monoisotopic (exact) mass is 484 g/mol. The second-order valence-electron chi connectivity index (χ2n) is 9.69. The second-order valence-corrected chi connectivity index (χ2v) is 9.69. The quantitative estimate of drug-likeness (QED) is 0.457. The number of halogens is 2. The molecule has 0 bridgehead atoms. The average Bonchev–Trinajstić information content (AvgIpc) is 3.21. The highest BCUT2D eigenvalue weighted by atomic mass is 19.1. The number of hydrogen-bond acceptors (Lipinski definition) is 4. The van der Waals surface area contributed by atoms with Crippen LogP contribution in [0.25, 0.3) is 11.3 Å². The van der Waals surface area contributed by atoms with E-state index >= 15 is 0 Å². The molecule has 6 nitrogen and oxygen atoms in total. The van der Waals surface area contributed by atoms with Crippen LogP contribution in [0.3, 0.4) is 0 Å². The number of aromatic nitrogens is 2. The Morgan fingerprint density at radius 2 is 1.89 bits per heavy atom. The van der Waals surface area contributed by atoms with Crippen LogP contribution in [0.1, 0.15) is 38.2 Å². The summed E-state index contributed by atoms with van der Waals surface area (Å²) in [6.45, 7) is 5.67.